The summed E-state index contributed by atoms with van der Waals surface area (Å²) < 4.78 is 5.75. The molecule has 1 aromatic heterocycles. The Bertz CT molecular complexity index is 1220. The Morgan fingerprint density at radius 3 is 2.37 bits per heavy atom. The van der Waals surface area contributed by atoms with Gasteiger partial charge in [-0.05, 0) is 53.4 Å². The quantitative estimate of drug-likeness (QED) is 0.329. The lowest BCUT2D eigenvalue weighted by Crippen LogP contribution is -2.52. The monoisotopic (exact) mass is 577 g/mol. The number of carbonyl (C=O) groups is 3. The number of aromatic nitrogens is 1. The number of pyridine rings is 1. The molecule has 4 rings (SSSR count). The molecule has 1 aromatic carbocycles. The molecular weight excluding hydrogens is 557 g/mol. The third kappa shape index (κ3) is 5.01. The second-order valence-corrected chi connectivity index (χ2v) is 9.87. The van der Waals surface area contributed by atoms with Crippen molar-refractivity contribution in [2.24, 2.45) is 5.41 Å². The number of rotatable bonds is 8. The van der Waals surface area contributed by atoms with Crippen molar-refractivity contribution in [2.75, 3.05) is 11.9 Å². The number of Topliss-reactive ketones (excluding diaryl/α,β-unsaturated/α-hetero) is 1. The van der Waals surface area contributed by atoms with Crippen molar-refractivity contribution in [3.05, 3.63) is 80.2 Å². The van der Waals surface area contributed by atoms with E-state index in [1.165, 1.54) is 12.4 Å². The first-order chi connectivity index (χ1) is 16.8. The van der Waals surface area contributed by atoms with Gasteiger partial charge in [0.15, 0.2) is 5.78 Å². The Labute approximate surface area is 221 Å². The summed E-state index contributed by atoms with van der Waals surface area (Å²) >= 11 is 15.5. The van der Waals surface area contributed by atoms with Gasteiger partial charge in [0.2, 0.25) is 0 Å². The highest BCUT2D eigenvalue weighted by atomic mass is 79.9. The van der Waals surface area contributed by atoms with Crippen molar-refractivity contribution >= 4 is 62.5 Å². The van der Waals surface area contributed by atoms with E-state index in [0.717, 1.165) is 11.3 Å². The van der Waals surface area contributed by atoms with Gasteiger partial charge in [-0.1, -0.05) is 47.5 Å². The lowest BCUT2D eigenvalue weighted by atomic mass is 9.69. The zero-order valence-corrected chi connectivity index (χ0v) is 21.8. The molecule has 1 heterocycles. The molecule has 1 spiro atoms. The Kier molecular flexibility index (Phi) is 7.64. The molecule has 0 bridgehead atoms. The summed E-state index contributed by atoms with van der Waals surface area (Å²) in [7, 11) is 0. The zero-order valence-electron chi connectivity index (χ0n) is 18.7. The van der Waals surface area contributed by atoms with E-state index >= 15 is 0 Å². The number of ketones is 1. The molecule has 182 valence electrons. The lowest BCUT2D eigenvalue weighted by Gasteiger charge is -2.41. The smallest absolute Gasteiger partial charge is 0.328 e. The van der Waals surface area contributed by atoms with Gasteiger partial charge >= 0.3 is 5.97 Å². The SMILES string of the molecule is CCOC(=O)[C@H](Cc1ccc(NC(=O)c2c(Cl)cncc2Cl)cc1)NC1=C(Br)C(=O)C12CC=CC2. The van der Waals surface area contributed by atoms with Crippen LogP contribution in [0.25, 0.3) is 0 Å². The van der Waals surface area contributed by atoms with Crippen molar-refractivity contribution < 1.29 is 19.1 Å². The molecule has 35 heavy (non-hydrogen) atoms. The van der Waals surface area contributed by atoms with Crippen molar-refractivity contribution in [3.63, 3.8) is 0 Å². The van der Waals surface area contributed by atoms with Crippen molar-refractivity contribution in [1.29, 1.82) is 0 Å². The van der Waals surface area contributed by atoms with E-state index in [-0.39, 0.29) is 28.0 Å². The van der Waals surface area contributed by atoms with E-state index < -0.39 is 23.3 Å². The van der Waals surface area contributed by atoms with Crippen LogP contribution >= 0.6 is 39.1 Å². The van der Waals surface area contributed by atoms with Crippen LogP contribution in [-0.4, -0.2) is 35.3 Å². The average molecular weight is 579 g/mol. The number of ether oxygens (including phenoxy) is 1. The topological polar surface area (TPSA) is 97.4 Å². The number of halogens is 3. The van der Waals surface area contributed by atoms with Crippen LogP contribution < -0.4 is 10.6 Å². The maximum atomic E-state index is 12.7. The highest BCUT2D eigenvalue weighted by Gasteiger charge is 2.53. The van der Waals surface area contributed by atoms with Gasteiger partial charge in [-0.2, -0.15) is 0 Å². The molecule has 2 aromatic rings. The third-order valence-electron chi connectivity index (χ3n) is 6.05. The second-order valence-electron chi connectivity index (χ2n) is 8.26. The van der Waals surface area contributed by atoms with Gasteiger partial charge in [-0.25, -0.2) is 4.79 Å². The first kappa shape index (κ1) is 25.4. The first-order valence-electron chi connectivity index (χ1n) is 11.0. The minimum atomic E-state index is -0.682. The summed E-state index contributed by atoms with van der Waals surface area (Å²) in [5.41, 5.74) is 1.64. The van der Waals surface area contributed by atoms with Crippen LogP contribution in [0.2, 0.25) is 10.0 Å². The fourth-order valence-electron chi connectivity index (χ4n) is 4.22. The Hall–Kier alpha value is -2.68. The van der Waals surface area contributed by atoms with Crippen LogP contribution in [0.3, 0.4) is 0 Å². The summed E-state index contributed by atoms with van der Waals surface area (Å²) in [4.78, 5) is 41.7. The molecular formula is C25H22BrCl2N3O4. The summed E-state index contributed by atoms with van der Waals surface area (Å²) in [6.45, 7) is 1.99. The highest BCUT2D eigenvalue weighted by molar-refractivity contribution is 9.12. The molecule has 0 aliphatic heterocycles. The van der Waals surface area contributed by atoms with E-state index in [0.29, 0.717) is 29.4 Å². The second kappa shape index (κ2) is 10.5. The number of allylic oxidation sites excluding steroid dienone is 4. The summed E-state index contributed by atoms with van der Waals surface area (Å²) in [5.74, 6) is -0.815. The average Bonchev–Trinajstić information content (AvgIpc) is 3.34. The Morgan fingerprint density at radius 1 is 1.14 bits per heavy atom. The summed E-state index contributed by atoms with van der Waals surface area (Å²) in [6, 6.07) is 6.38. The molecule has 0 unspecified atom stereocenters. The van der Waals surface area contributed by atoms with Gasteiger partial charge in [0.05, 0.1) is 32.1 Å². The van der Waals surface area contributed by atoms with E-state index in [2.05, 4.69) is 31.5 Å². The van der Waals surface area contributed by atoms with E-state index in [1.807, 2.05) is 24.3 Å². The largest absolute Gasteiger partial charge is 0.464 e. The van der Waals surface area contributed by atoms with Crippen LogP contribution in [0.1, 0.15) is 35.7 Å². The number of amides is 1. The van der Waals surface area contributed by atoms with Crippen molar-refractivity contribution in [1.82, 2.24) is 10.3 Å². The molecule has 2 aliphatic rings. The summed E-state index contributed by atoms with van der Waals surface area (Å²) in [6.07, 6.45) is 8.22. The molecule has 2 aliphatic carbocycles. The predicted octanol–water partition coefficient (Wildman–Crippen LogP) is 5.23. The Balaban J connectivity index is 1.48. The van der Waals surface area contributed by atoms with E-state index in [4.69, 9.17) is 27.9 Å². The first-order valence-corrected chi connectivity index (χ1v) is 12.5. The number of anilines is 1. The van der Waals surface area contributed by atoms with Gasteiger partial charge < -0.3 is 15.4 Å². The number of carbonyl (C=O) groups excluding carboxylic acids is 3. The minimum Gasteiger partial charge on any atom is -0.464 e. The standard InChI is InChI=1S/C25H22BrCl2N3O4/c1-2-35-24(34)18(31-21-20(26)22(32)25(21)9-3-4-10-25)11-14-5-7-15(8-6-14)30-23(33)19-16(27)12-29-13-17(19)28/h3-8,12-13,18,31H,2,9-11H2,1H3,(H,30,33)/t18-/m0/s1. The van der Waals surface area contributed by atoms with E-state index in [1.54, 1.807) is 19.1 Å². The number of benzene rings is 1. The number of nitrogens with zero attached hydrogens (tertiary/aromatic N) is 1. The number of hydrogen-bond donors (Lipinski definition) is 2. The van der Waals surface area contributed by atoms with Crippen LogP contribution in [0, 0.1) is 5.41 Å². The van der Waals surface area contributed by atoms with Gasteiger partial charge in [-0.3, -0.25) is 14.6 Å². The molecule has 0 saturated carbocycles. The molecule has 0 fully saturated rings. The molecule has 0 saturated heterocycles. The Morgan fingerprint density at radius 2 is 1.77 bits per heavy atom. The molecule has 7 nitrogen and oxygen atoms in total. The van der Waals surface area contributed by atoms with Crippen molar-refractivity contribution in [2.45, 2.75) is 32.2 Å². The molecule has 10 heteroatoms. The van der Waals surface area contributed by atoms with Crippen LogP contribution in [0.5, 0.6) is 0 Å². The minimum absolute atomic E-state index is 0.0436. The van der Waals surface area contributed by atoms with Crippen molar-refractivity contribution in [3.8, 4) is 0 Å². The molecule has 0 radical (unpaired) electrons. The fourth-order valence-corrected chi connectivity index (χ4v) is 5.63. The predicted molar refractivity (Wildman–Crippen MR) is 138 cm³/mol. The maximum Gasteiger partial charge on any atom is 0.328 e. The third-order valence-corrected chi connectivity index (χ3v) is 7.38. The summed E-state index contributed by atoms with van der Waals surface area (Å²) in [5, 5.41) is 6.34. The molecule has 2 N–H and O–H groups in total. The van der Waals surface area contributed by atoms with Gasteiger partial charge in [-0.15, -0.1) is 0 Å². The number of nitrogens with one attached hydrogen (secondary N) is 2. The zero-order chi connectivity index (χ0) is 25.2. The molecule has 1 amide bonds. The van der Waals surface area contributed by atoms with Crippen LogP contribution in [-0.2, 0) is 20.7 Å². The van der Waals surface area contributed by atoms with Gasteiger partial charge in [0, 0.05) is 30.2 Å². The van der Waals surface area contributed by atoms with Gasteiger partial charge in [0.25, 0.3) is 5.91 Å². The highest BCUT2D eigenvalue weighted by Crippen LogP contribution is 2.52. The lowest BCUT2D eigenvalue weighted by molar-refractivity contribution is -0.145. The van der Waals surface area contributed by atoms with Crippen LogP contribution in [0.15, 0.2) is 59.0 Å². The van der Waals surface area contributed by atoms with Crippen LogP contribution in [0.4, 0.5) is 5.69 Å². The number of hydrogen-bond acceptors (Lipinski definition) is 6. The van der Waals surface area contributed by atoms with Gasteiger partial charge in [0.1, 0.15) is 6.04 Å². The molecule has 1 atom stereocenters. The number of esters is 1. The normalized spacial score (nSPS) is 16.7. The van der Waals surface area contributed by atoms with E-state index in [9.17, 15) is 14.4 Å². The maximum absolute atomic E-state index is 12.7. The fraction of sp³-hybridized carbons (Fsp3) is 0.280.